The highest BCUT2D eigenvalue weighted by Gasteiger charge is 2.02. The second-order valence-electron chi connectivity index (χ2n) is 3.89. The second kappa shape index (κ2) is 5.61. The molecule has 1 aromatic rings. The zero-order valence-electron chi connectivity index (χ0n) is 9.70. The third-order valence-corrected chi connectivity index (χ3v) is 2.17. The summed E-state index contributed by atoms with van der Waals surface area (Å²) < 4.78 is 0. The third kappa shape index (κ3) is 3.98. The monoisotopic (exact) mass is 236 g/mol. The quantitative estimate of drug-likeness (QED) is 0.625. The van der Waals surface area contributed by atoms with Crippen LogP contribution in [-0.2, 0) is 0 Å². The predicted molar refractivity (Wildman–Crippen MR) is 70.9 cm³/mol. The van der Waals surface area contributed by atoms with Gasteiger partial charge in [-0.05, 0) is 45.1 Å². The van der Waals surface area contributed by atoms with Gasteiger partial charge in [-0.2, -0.15) is 0 Å². The number of nitrogens with one attached hydrogen (secondary N) is 2. The Morgan fingerprint density at radius 3 is 2.62 bits per heavy atom. The van der Waals surface area contributed by atoms with Gasteiger partial charge in [0.15, 0.2) is 10.9 Å². The first-order valence-corrected chi connectivity index (χ1v) is 5.58. The molecule has 0 fully saturated rings. The Balaban J connectivity index is 2.70. The molecule has 0 saturated carbocycles. The van der Waals surface area contributed by atoms with Crippen molar-refractivity contribution in [1.29, 1.82) is 0 Å². The van der Waals surface area contributed by atoms with Crippen LogP contribution in [0.4, 0.5) is 5.69 Å². The molecule has 1 aromatic carbocycles. The summed E-state index contributed by atoms with van der Waals surface area (Å²) in [5.41, 5.74) is 1.50. The topological polar surface area (TPSA) is 41.1 Å². The lowest BCUT2D eigenvalue weighted by Gasteiger charge is -2.13. The summed E-state index contributed by atoms with van der Waals surface area (Å²) in [6, 6.07) is 7.57. The van der Waals surface area contributed by atoms with Gasteiger partial charge in [0.1, 0.15) is 0 Å². The van der Waals surface area contributed by atoms with Crippen molar-refractivity contribution in [3.8, 4) is 0 Å². The van der Waals surface area contributed by atoms with Crippen LogP contribution in [0, 0.1) is 0 Å². The van der Waals surface area contributed by atoms with Gasteiger partial charge < -0.3 is 10.6 Å². The van der Waals surface area contributed by atoms with Gasteiger partial charge >= 0.3 is 0 Å². The predicted octanol–water partition coefficient (Wildman–Crippen LogP) is 2.58. The lowest BCUT2D eigenvalue weighted by atomic mass is 10.1. The maximum atomic E-state index is 11.2. The maximum Gasteiger partial charge on any atom is 0.170 e. The number of rotatable bonds is 3. The molecule has 86 valence electrons. The minimum absolute atomic E-state index is 0.0476. The van der Waals surface area contributed by atoms with Crippen LogP contribution in [0.3, 0.4) is 0 Å². The van der Waals surface area contributed by atoms with Crippen LogP contribution in [0.2, 0.25) is 0 Å². The van der Waals surface area contributed by atoms with Crippen molar-refractivity contribution in [3.63, 3.8) is 0 Å². The fourth-order valence-electron chi connectivity index (χ4n) is 1.25. The van der Waals surface area contributed by atoms with Gasteiger partial charge in [-0.1, -0.05) is 12.1 Å². The van der Waals surface area contributed by atoms with Crippen LogP contribution >= 0.6 is 12.2 Å². The number of anilines is 1. The van der Waals surface area contributed by atoms with E-state index < -0.39 is 0 Å². The summed E-state index contributed by atoms with van der Waals surface area (Å²) in [7, 11) is 0. The van der Waals surface area contributed by atoms with E-state index in [4.69, 9.17) is 12.2 Å². The molecule has 0 spiro atoms. The van der Waals surface area contributed by atoms with E-state index in [0.29, 0.717) is 10.7 Å². The number of Topliss-reactive ketones (excluding diaryl/α,β-unsaturated/α-hetero) is 1. The van der Waals surface area contributed by atoms with Crippen LogP contribution in [0.1, 0.15) is 31.1 Å². The Hall–Kier alpha value is -1.42. The van der Waals surface area contributed by atoms with Crippen molar-refractivity contribution in [2.75, 3.05) is 5.32 Å². The van der Waals surface area contributed by atoms with Crippen molar-refractivity contribution < 1.29 is 4.79 Å². The molecule has 0 saturated heterocycles. The fraction of sp³-hybridized carbons (Fsp3) is 0.333. The van der Waals surface area contributed by atoms with Gasteiger partial charge in [-0.3, -0.25) is 4.79 Å². The summed E-state index contributed by atoms with van der Waals surface area (Å²) in [6.07, 6.45) is 0. The molecule has 0 atom stereocenters. The lowest BCUT2D eigenvalue weighted by Crippen LogP contribution is -2.33. The molecule has 0 heterocycles. The molecule has 0 unspecified atom stereocenters. The van der Waals surface area contributed by atoms with Crippen molar-refractivity contribution >= 4 is 28.8 Å². The summed E-state index contributed by atoms with van der Waals surface area (Å²) in [4.78, 5) is 11.2. The van der Waals surface area contributed by atoms with E-state index in [1.807, 2.05) is 26.0 Å². The first-order chi connectivity index (χ1) is 7.49. The third-order valence-electron chi connectivity index (χ3n) is 1.95. The minimum Gasteiger partial charge on any atom is -0.360 e. The van der Waals surface area contributed by atoms with Crippen LogP contribution < -0.4 is 10.6 Å². The second-order valence-corrected chi connectivity index (χ2v) is 4.30. The number of carbonyl (C=O) groups is 1. The highest BCUT2D eigenvalue weighted by molar-refractivity contribution is 7.80. The zero-order chi connectivity index (χ0) is 12.1. The van der Waals surface area contributed by atoms with E-state index in [-0.39, 0.29) is 11.8 Å². The Kier molecular flexibility index (Phi) is 4.43. The molecular weight excluding hydrogens is 220 g/mol. The van der Waals surface area contributed by atoms with Crippen molar-refractivity contribution in [3.05, 3.63) is 29.8 Å². The molecule has 2 N–H and O–H groups in total. The normalized spacial score (nSPS) is 10.0. The first kappa shape index (κ1) is 12.6. The highest BCUT2D eigenvalue weighted by atomic mass is 32.1. The average Bonchev–Trinajstić information content (AvgIpc) is 2.16. The summed E-state index contributed by atoms with van der Waals surface area (Å²) in [6.45, 7) is 5.57. The fourth-order valence-corrected chi connectivity index (χ4v) is 1.60. The number of benzene rings is 1. The zero-order valence-corrected chi connectivity index (χ0v) is 10.5. The Labute approximate surface area is 101 Å². The molecule has 0 aliphatic heterocycles. The Morgan fingerprint density at radius 1 is 1.38 bits per heavy atom. The molecule has 0 aliphatic rings. The standard InChI is InChI=1S/C12H16N2OS/c1-8(2)13-12(16)14-11-6-4-5-10(7-11)9(3)15/h4-8H,1-3H3,(H2,13,14,16). The number of thiocarbonyl (C=S) groups is 1. The molecule has 4 heteroatoms. The molecule has 3 nitrogen and oxygen atoms in total. The molecule has 16 heavy (non-hydrogen) atoms. The molecular formula is C12H16N2OS. The number of ketones is 1. The Bertz CT molecular complexity index is 402. The van der Waals surface area contributed by atoms with Crippen LogP contribution in [0.25, 0.3) is 0 Å². The van der Waals surface area contributed by atoms with E-state index in [1.165, 1.54) is 0 Å². The minimum atomic E-state index is 0.0476. The summed E-state index contributed by atoms with van der Waals surface area (Å²) in [5, 5.41) is 6.68. The van der Waals surface area contributed by atoms with Gasteiger partial charge in [-0.25, -0.2) is 0 Å². The Morgan fingerprint density at radius 2 is 2.06 bits per heavy atom. The number of hydrogen-bond donors (Lipinski definition) is 2. The van der Waals surface area contributed by atoms with Gasteiger partial charge in [-0.15, -0.1) is 0 Å². The van der Waals surface area contributed by atoms with E-state index in [0.717, 1.165) is 5.69 Å². The molecule has 1 rings (SSSR count). The van der Waals surface area contributed by atoms with Crippen LogP contribution in [0.5, 0.6) is 0 Å². The summed E-state index contributed by atoms with van der Waals surface area (Å²) in [5.74, 6) is 0.0476. The average molecular weight is 236 g/mol. The van der Waals surface area contributed by atoms with Crippen molar-refractivity contribution in [2.45, 2.75) is 26.8 Å². The highest BCUT2D eigenvalue weighted by Crippen LogP contribution is 2.10. The first-order valence-electron chi connectivity index (χ1n) is 5.17. The molecule has 0 aliphatic carbocycles. The van der Waals surface area contributed by atoms with E-state index >= 15 is 0 Å². The van der Waals surface area contributed by atoms with Crippen LogP contribution in [-0.4, -0.2) is 16.9 Å². The number of hydrogen-bond acceptors (Lipinski definition) is 2. The smallest absolute Gasteiger partial charge is 0.170 e. The maximum absolute atomic E-state index is 11.2. The molecule has 0 bridgehead atoms. The van der Waals surface area contributed by atoms with E-state index in [1.54, 1.807) is 19.1 Å². The van der Waals surface area contributed by atoms with Gasteiger partial charge in [0.25, 0.3) is 0 Å². The molecule has 0 aromatic heterocycles. The van der Waals surface area contributed by atoms with Crippen molar-refractivity contribution in [2.24, 2.45) is 0 Å². The van der Waals surface area contributed by atoms with Crippen LogP contribution in [0.15, 0.2) is 24.3 Å². The SMILES string of the molecule is CC(=O)c1cccc(NC(=S)NC(C)C)c1. The van der Waals surface area contributed by atoms with Gasteiger partial charge in [0, 0.05) is 17.3 Å². The van der Waals surface area contributed by atoms with E-state index in [9.17, 15) is 4.79 Å². The molecule has 0 radical (unpaired) electrons. The number of carbonyl (C=O) groups excluding carboxylic acids is 1. The van der Waals surface area contributed by atoms with Gasteiger partial charge in [0.2, 0.25) is 0 Å². The van der Waals surface area contributed by atoms with E-state index in [2.05, 4.69) is 10.6 Å². The lowest BCUT2D eigenvalue weighted by molar-refractivity contribution is 0.101. The largest absolute Gasteiger partial charge is 0.360 e. The molecule has 0 amide bonds. The van der Waals surface area contributed by atoms with Crippen molar-refractivity contribution in [1.82, 2.24) is 5.32 Å². The summed E-state index contributed by atoms with van der Waals surface area (Å²) >= 11 is 5.11. The van der Waals surface area contributed by atoms with Gasteiger partial charge in [0.05, 0.1) is 0 Å².